The summed E-state index contributed by atoms with van der Waals surface area (Å²) in [6.45, 7) is 0.177. The predicted octanol–water partition coefficient (Wildman–Crippen LogP) is 4.11. The predicted molar refractivity (Wildman–Crippen MR) is 119 cm³/mol. The summed E-state index contributed by atoms with van der Waals surface area (Å²) in [6, 6.07) is 28.0. The number of hydrogen-bond donors (Lipinski definition) is 0. The molecule has 4 heteroatoms. The van der Waals surface area contributed by atoms with Gasteiger partial charge in [0.1, 0.15) is 5.76 Å². The van der Waals surface area contributed by atoms with Crippen LogP contribution in [0.25, 0.3) is 22.3 Å². The van der Waals surface area contributed by atoms with E-state index in [1.165, 1.54) is 39.0 Å². The van der Waals surface area contributed by atoms with Gasteiger partial charge in [-0.25, -0.2) is 0 Å². The standard InChI is InChI=1S/C25H15BN2O/c1-2-7-16(8-3-1)28-20-11-5-4-10-19(20)26-23-18(9-6-12-21(23)28)25-24(26)17-13-14-27-15-22(17)29-25/h1-15H. The van der Waals surface area contributed by atoms with E-state index >= 15 is 0 Å². The first-order chi connectivity index (χ1) is 14.4. The molecule has 2 aliphatic heterocycles. The van der Waals surface area contributed by atoms with Crippen molar-refractivity contribution >= 4 is 51.1 Å². The summed E-state index contributed by atoms with van der Waals surface area (Å²) in [5.74, 6) is 0.986. The number of para-hydroxylation sites is 2. The number of pyridine rings is 1. The highest BCUT2D eigenvalue weighted by molar-refractivity contribution is 7.02. The quantitative estimate of drug-likeness (QED) is 0.408. The zero-order chi connectivity index (χ0) is 18.9. The summed E-state index contributed by atoms with van der Waals surface area (Å²) in [5, 5.41) is 1.16. The summed E-state index contributed by atoms with van der Waals surface area (Å²) in [7, 11) is 0. The molecule has 134 valence electrons. The lowest BCUT2D eigenvalue weighted by Gasteiger charge is -2.35. The van der Waals surface area contributed by atoms with Gasteiger partial charge in [-0.3, -0.25) is 4.98 Å². The Morgan fingerprint density at radius 2 is 1.59 bits per heavy atom. The van der Waals surface area contributed by atoms with Gasteiger partial charge in [-0.15, -0.1) is 0 Å². The van der Waals surface area contributed by atoms with Gasteiger partial charge in [0.05, 0.1) is 6.20 Å². The van der Waals surface area contributed by atoms with E-state index in [1.807, 2.05) is 12.4 Å². The maximum absolute atomic E-state index is 6.33. The van der Waals surface area contributed by atoms with Gasteiger partial charge < -0.3 is 9.32 Å². The van der Waals surface area contributed by atoms with E-state index in [1.54, 1.807) is 0 Å². The second-order valence-electron chi connectivity index (χ2n) is 7.62. The van der Waals surface area contributed by atoms with Crippen molar-refractivity contribution in [3.05, 3.63) is 91.3 Å². The lowest BCUT2D eigenvalue weighted by molar-refractivity contribution is 0.633. The van der Waals surface area contributed by atoms with E-state index in [9.17, 15) is 0 Å². The molecular weight excluding hydrogens is 355 g/mol. The Morgan fingerprint density at radius 3 is 2.52 bits per heavy atom. The topological polar surface area (TPSA) is 29.3 Å². The Hall–Kier alpha value is -3.79. The fourth-order valence-corrected chi connectivity index (χ4v) is 5.08. The van der Waals surface area contributed by atoms with Crippen molar-refractivity contribution in [2.24, 2.45) is 0 Å². The summed E-state index contributed by atoms with van der Waals surface area (Å²) in [5.41, 5.74) is 9.59. The Morgan fingerprint density at radius 1 is 0.759 bits per heavy atom. The average molecular weight is 370 g/mol. The molecule has 0 N–H and O–H groups in total. The van der Waals surface area contributed by atoms with Gasteiger partial charge >= 0.3 is 0 Å². The van der Waals surface area contributed by atoms with Crippen molar-refractivity contribution in [3.8, 4) is 11.3 Å². The van der Waals surface area contributed by atoms with Crippen LogP contribution in [0.3, 0.4) is 0 Å². The van der Waals surface area contributed by atoms with Gasteiger partial charge in [0, 0.05) is 34.2 Å². The second-order valence-corrected chi connectivity index (χ2v) is 7.62. The van der Waals surface area contributed by atoms with Crippen LogP contribution < -0.4 is 21.3 Å². The fraction of sp³-hybridized carbons (Fsp3) is 0. The van der Waals surface area contributed by atoms with Crippen molar-refractivity contribution in [2.75, 3.05) is 4.90 Å². The number of aromatic nitrogens is 1. The smallest absolute Gasteiger partial charge is 0.253 e. The van der Waals surface area contributed by atoms with E-state index in [0.717, 1.165) is 16.7 Å². The number of hydrogen-bond acceptors (Lipinski definition) is 3. The molecule has 3 aromatic carbocycles. The molecule has 4 heterocycles. The van der Waals surface area contributed by atoms with Crippen molar-refractivity contribution in [1.29, 1.82) is 0 Å². The molecular formula is C25H15BN2O. The molecule has 7 rings (SSSR count). The van der Waals surface area contributed by atoms with Gasteiger partial charge in [0.2, 0.25) is 0 Å². The fourth-order valence-electron chi connectivity index (χ4n) is 5.08. The van der Waals surface area contributed by atoms with E-state index in [0.29, 0.717) is 0 Å². The minimum Gasteiger partial charge on any atom is -0.455 e. The van der Waals surface area contributed by atoms with Crippen molar-refractivity contribution < 1.29 is 4.42 Å². The first kappa shape index (κ1) is 15.2. The molecule has 0 atom stereocenters. The van der Waals surface area contributed by atoms with Crippen molar-refractivity contribution in [3.63, 3.8) is 0 Å². The Bertz CT molecular complexity index is 1420. The van der Waals surface area contributed by atoms with Crippen LogP contribution in [0.5, 0.6) is 0 Å². The van der Waals surface area contributed by atoms with E-state index in [-0.39, 0.29) is 6.71 Å². The third kappa shape index (κ3) is 1.86. The Labute approximate surface area is 168 Å². The zero-order valence-corrected chi connectivity index (χ0v) is 15.5. The monoisotopic (exact) mass is 370 g/mol. The molecule has 2 aliphatic rings. The lowest BCUT2D eigenvalue weighted by atomic mass is 9.37. The van der Waals surface area contributed by atoms with E-state index < -0.39 is 0 Å². The van der Waals surface area contributed by atoms with E-state index in [4.69, 9.17) is 4.42 Å². The van der Waals surface area contributed by atoms with Crippen LogP contribution in [0.2, 0.25) is 0 Å². The molecule has 0 amide bonds. The lowest BCUT2D eigenvalue weighted by Crippen LogP contribution is -2.54. The third-order valence-electron chi connectivity index (χ3n) is 6.18. The highest BCUT2D eigenvalue weighted by Gasteiger charge is 2.45. The molecule has 0 fully saturated rings. The molecule has 0 bridgehead atoms. The number of rotatable bonds is 1. The summed E-state index contributed by atoms with van der Waals surface area (Å²) in [6.07, 6.45) is 3.68. The summed E-state index contributed by atoms with van der Waals surface area (Å²) in [4.78, 5) is 6.63. The molecule has 0 aliphatic carbocycles. The second kappa shape index (κ2) is 5.39. The Kier molecular flexibility index (Phi) is 2.82. The van der Waals surface area contributed by atoms with Crippen LogP contribution in [0.1, 0.15) is 0 Å². The number of anilines is 3. The number of benzene rings is 3. The maximum Gasteiger partial charge on any atom is 0.253 e. The van der Waals surface area contributed by atoms with Crippen molar-refractivity contribution in [1.82, 2.24) is 4.98 Å². The van der Waals surface area contributed by atoms with Crippen LogP contribution in [0.15, 0.2) is 95.7 Å². The highest BCUT2D eigenvalue weighted by atomic mass is 16.3. The third-order valence-corrected chi connectivity index (χ3v) is 6.18. The molecule has 0 spiro atoms. The SMILES string of the molecule is c1ccc(N2c3ccccc3B3c4c(cccc42)-c2oc4cnccc4c23)cc1. The summed E-state index contributed by atoms with van der Waals surface area (Å²) < 4.78 is 6.33. The molecule has 5 aromatic rings. The largest absolute Gasteiger partial charge is 0.455 e. The summed E-state index contributed by atoms with van der Waals surface area (Å²) >= 11 is 0. The van der Waals surface area contributed by atoms with Gasteiger partial charge in [0.15, 0.2) is 5.58 Å². The molecule has 2 aromatic heterocycles. The average Bonchev–Trinajstić information content (AvgIpc) is 3.31. The first-order valence-electron chi connectivity index (χ1n) is 9.85. The molecule has 0 saturated heterocycles. The first-order valence-corrected chi connectivity index (χ1v) is 9.85. The number of furan rings is 1. The van der Waals surface area contributed by atoms with Crippen LogP contribution >= 0.6 is 0 Å². The minimum atomic E-state index is 0.177. The van der Waals surface area contributed by atoms with Gasteiger partial charge in [-0.05, 0) is 46.7 Å². The van der Waals surface area contributed by atoms with E-state index in [2.05, 4.69) is 88.7 Å². The highest BCUT2D eigenvalue weighted by Crippen LogP contribution is 2.41. The molecule has 3 nitrogen and oxygen atoms in total. The molecule has 0 saturated carbocycles. The van der Waals surface area contributed by atoms with Crippen LogP contribution in [0, 0.1) is 0 Å². The zero-order valence-electron chi connectivity index (χ0n) is 15.5. The van der Waals surface area contributed by atoms with Crippen LogP contribution in [-0.2, 0) is 0 Å². The molecule has 0 radical (unpaired) electrons. The van der Waals surface area contributed by atoms with Gasteiger partial charge in [0.25, 0.3) is 6.71 Å². The number of nitrogens with zero attached hydrogens (tertiary/aromatic N) is 2. The molecule has 29 heavy (non-hydrogen) atoms. The molecule has 0 unspecified atom stereocenters. The Balaban J connectivity index is 1.62. The normalized spacial score (nSPS) is 13.4. The minimum absolute atomic E-state index is 0.177. The van der Waals surface area contributed by atoms with Gasteiger partial charge in [-0.2, -0.15) is 0 Å². The van der Waals surface area contributed by atoms with Crippen LogP contribution in [-0.4, -0.2) is 11.7 Å². The number of fused-ring (bicyclic) bond motifs is 7. The van der Waals surface area contributed by atoms with Gasteiger partial charge in [-0.1, -0.05) is 48.5 Å². The van der Waals surface area contributed by atoms with Crippen molar-refractivity contribution in [2.45, 2.75) is 0 Å². The maximum atomic E-state index is 6.33. The van der Waals surface area contributed by atoms with Crippen LogP contribution in [0.4, 0.5) is 17.1 Å².